The van der Waals surface area contributed by atoms with Crippen LogP contribution in [0, 0.1) is 0 Å². The van der Waals surface area contributed by atoms with Gasteiger partial charge in [-0.05, 0) is 76.9 Å². The predicted octanol–water partition coefficient (Wildman–Crippen LogP) is 6.35. The van der Waals surface area contributed by atoms with Crippen molar-refractivity contribution in [2.75, 3.05) is 25.3 Å². The number of hydrogen-bond acceptors (Lipinski definition) is 7. The van der Waals surface area contributed by atoms with Gasteiger partial charge in [0.1, 0.15) is 11.5 Å². The molecular weight excluding hydrogens is 520 g/mol. The summed E-state index contributed by atoms with van der Waals surface area (Å²) < 4.78 is 15.5. The molecule has 8 heteroatoms. The van der Waals surface area contributed by atoms with Crippen LogP contribution in [0.5, 0.6) is 11.5 Å². The summed E-state index contributed by atoms with van der Waals surface area (Å²) in [6.07, 6.45) is 5.77. The molecule has 4 aromatic carbocycles. The lowest BCUT2D eigenvalue weighted by Gasteiger charge is -2.14. The van der Waals surface area contributed by atoms with Gasteiger partial charge in [0.15, 0.2) is 0 Å². The fraction of sp³-hybridized carbons (Fsp3) is 0.0606. The van der Waals surface area contributed by atoms with Crippen molar-refractivity contribution >= 4 is 41.4 Å². The van der Waals surface area contributed by atoms with Gasteiger partial charge in [-0.3, -0.25) is 4.79 Å². The Bertz CT molecular complexity index is 1640. The van der Waals surface area contributed by atoms with Crippen molar-refractivity contribution in [1.29, 1.82) is 0 Å². The number of carbonyl (C=O) groups is 3. The van der Waals surface area contributed by atoms with E-state index in [-0.39, 0.29) is 5.91 Å². The van der Waals surface area contributed by atoms with Crippen LogP contribution in [-0.2, 0) is 19.1 Å². The number of methoxy groups -OCH3 is 2. The number of benzene rings is 4. The van der Waals surface area contributed by atoms with Crippen molar-refractivity contribution in [2.45, 2.75) is 0 Å². The Morgan fingerprint density at radius 3 is 2.12 bits per heavy atom. The molecule has 0 fully saturated rings. The lowest BCUT2D eigenvalue weighted by atomic mass is 10.0. The van der Waals surface area contributed by atoms with E-state index in [2.05, 4.69) is 14.8 Å². The van der Waals surface area contributed by atoms with E-state index in [0.29, 0.717) is 39.6 Å². The molecule has 0 radical (unpaired) electrons. The Hall–Kier alpha value is -5.63. The Labute approximate surface area is 237 Å². The van der Waals surface area contributed by atoms with Crippen molar-refractivity contribution in [3.63, 3.8) is 0 Å². The van der Waals surface area contributed by atoms with Crippen molar-refractivity contribution in [3.05, 3.63) is 120 Å². The first kappa shape index (κ1) is 28.4. The summed E-state index contributed by atoms with van der Waals surface area (Å²) in [6, 6.07) is 26.9. The zero-order valence-corrected chi connectivity index (χ0v) is 22.5. The Kier molecular flexibility index (Phi) is 9.30. The van der Waals surface area contributed by atoms with Crippen molar-refractivity contribution in [3.8, 4) is 22.6 Å². The highest BCUT2D eigenvalue weighted by Gasteiger charge is 2.15. The monoisotopic (exact) mass is 548 g/mol. The van der Waals surface area contributed by atoms with Gasteiger partial charge in [0.25, 0.3) is 5.91 Å². The second-order valence-electron chi connectivity index (χ2n) is 8.72. The van der Waals surface area contributed by atoms with Crippen LogP contribution in [0.4, 0.5) is 11.4 Å². The number of nitrogens with two attached hydrogens (primary N) is 1. The highest BCUT2D eigenvalue weighted by molar-refractivity contribution is 6.07. The quantitative estimate of drug-likeness (QED) is 0.142. The summed E-state index contributed by atoms with van der Waals surface area (Å²) >= 11 is 0. The predicted molar refractivity (Wildman–Crippen MR) is 159 cm³/mol. The van der Waals surface area contributed by atoms with Gasteiger partial charge >= 0.3 is 11.9 Å². The van der Waals surface area contributed by atoms with E-state index in [0.717, 1.165) is 11.1 Å². The molecule has 4 aromatic rings. The summed E-state index contributed by atoms with van der Waals surface area (Å²) in [5, 5.41) is 2.89. The van der Waals surface area contributed by atoms with Crippen molar-refractivity contribution < 1.29 is 28.6 Å². The van der Waals surface area contributed by atoms with Crippen LogP contribution in [0.3, 0.4) is 0 Å². The van der Waals surface area contributed by atoms with Crippen molar-refractivity contribution in [1.82, 2.24) is 0 Å². The molecule has 0 saturated heterocycles. The Morgan fingerprint density at radius 1 is 0.707 bits per heavy atom. The Morgan fingerprint density at radius 2 is 1.37 bits per heavy atom. The molecule has 0 aromatic heterocycles. The van der Waals surface area contributed by atoms with Crippen LogP contribution >= 0.6 is 0 Å². The minimum atomic E-state index is -0.500. The van der Waals surface area contributed by atoms with Crippen LogP contribution in [0.25, 0.3) is 23.3 Å². The van der Waals surface area contributed by atoms with E-state index in [9.17, 15) is 14.4 Å². The van der Waals surface area contributed by atoms with Gasteiger partial charge in [-0.1, -0.05) is 48.5 Å². The third-order valence-corrected chi connectivity index (χ3v) is 6.02. The third-order valence-electron chi connectivity index (χ3n) is 6.02. The standard InChI is InChI=1S/C33H28N2O6/c1-39-31(36)18-15-22-8-3-5-12-29(22)35-33(38)27-11-4-6-13-30(27)41-26-10-7-9-23(21-26)24-14-17-28(34)25(20-24)16-19-32(37)40-2/h3-21H,34H2,1-2H3,(H,35,38)/b18-15+,19-16+. The van der Waals surface area contributed by atoms with Gasteiger partial charge in [-0.15, -0.1) is 0 Å². The van der Waals surface area contributed by atoms with Gasteiger partial charge in [-0.2, -0.15) is 0 Å². The van der Waals surface area contributed by atoms with Crippen LogP contribution in [0.15, 0.2) is 103 Å². The van der Waals surface area contributed by atoms with Gasteiger partial charge in [0, 0.05) is 23.5 Å². The number of para-hydroxylation sites is 2. The minimum absolute atomic E-state index is 0.326. The molecular formula is C33H28N2O6. The van der Waals surface area contributed by atoms with Crippen molar-refractivity contribution in [2.24, 2.45) is 0 Å². The zero-order valence-electron chi connectivity index (χ0n) is 22.5. The normalized spacial score (nSPS) is 10.9. The van der Waals surface area contributed by atoms with Gasteiger partial charge in [0.05, 0.1) is 19.8 Å². The number of rotatable bonds is 9. The maximum atomic E-state index is 13.3. The lowest BCUT2D eigenvalue weighted by molar-refractivity contribution is -0.135. The van der Waals surface area contributed by atoms with Gasteiger partial charge in [-0.25, -0.2) is 9.59 Å². The number of amides is 1. The van der Waals surface area contributed by atoms with E-state index in [1.54, 1.807) is 72.8 Å². The summed E-state index contributed by atoms with van der Waals surface area (Å²) in [4.78, 5) is 36.3. The van der Waals surface area contributed by atoms with Gasteiger partial charge < -0.3 is 25.3 Å². The molecule has 0 heterocycles. The second-order valence-corrected chi connectivity index (χ2v) is 8.72. The van der Waals surface area contributed by atoms with E-state index >= 15 is 0 Å². The van der Waals surface area contributed by atoms with Crippen LogP contribution in [-0.4, -0.2) is 32.1 Å². The maximum Gasteiger partial charge on any atom is 0.330 e. The van der Waals surface area contributed by atoms with E-state index < -0.39 is 11.9 Å². The van der Waals surface area contributed by atoms with Gasteiger partial charge in [0.2, 0.25) is 0 Å². The smallest absolute Gasteiger partial charge is 0.330 e. The first-order chi connectivity index (χ1) is 19.9. The lowest BCUT2D eigenvalue weighted by Crippen LogP contribution is -2.13. The topological polar surface area (TPSA) is 117 Å². The largest absolute Gasteiger partial charge is 0.466 e. The number of carbonyl (C=O) groups excluding carboxylic acids is 3. The summed E-state index contributed by atoms with van der Waals surface area (Å²) in [5.41, 5.74) is 10.5. The molecule has 206 valence electrons. The molecule has 8 nitrogen and oxygen atoms in total. The van der Waals surface area contributed by atoms with Crippen LogP contribution < -0.4 is 15.8 Å². The summed E-state index contributed by atoms with van der Waals surface area (Å²) in [5.74, 6) is -0.471. The molecule has 4 rings (SSSR count). The second kappa shape index (κ2) is 13.4. The summed E-state index contributed by atoms with van der Waals surface area (Å²) in [6.45, 7) is 0. The molecule has 0 bridgehead atoms. The molecule has 0 unspecified atom stereocenters. The maximum absolute atomic E-state index is 13.3. The molecule has 41 heavy (non-hydrogen) atoms. The van der Waals surface area contributed by atoms with Crippen LogP contribution in [0.2, 0.25) is 0 Å². The first-order valence-electron chi connectivity index (χ1n) is 12.6. The molecule has 1 amide bonds. The zero-order chi connectivity index (χ0) is 29.2. The molecule has 0 saturated carbocycles. The fourth-order valence-electron chi connectivity index (χ4n) is 3.91. The fourth-order valence-corrected chi connectivity index (χ4v) is 3.91. The number of nitrogen functional groups attached to an aromatic ring is 1. The number of esters is 2. The van der Waals surface area contributed by atoms with E-state index in [1.807, 2.05) is 30.3 Å². The van der Waals surface area contributed by atoms with Crippen LogP contribution in [0.1, 0.15) is 21.5 Å². The minimum Gasteiger partial charge on any atom is -0.466 e. The Balaban J connectivity index is 1.57. The number of nitrogens with one attached hydrogen (secondary N) is 1. The third kappa shape index (κ3) is 7.48. The molecule has 3 N–H and O–H groups in total. The molecule has 0 spiro atoms. The number of ether oxygens (including phenoxy) is 3. The highest BCUT2D eigenvalue weighted by Crippen LogP contribution is 2.31. The molecule has 0 aliphatic heterocycles. The summed E-state index contributed by atoms with van der Waals surface area (Å²) in [7, 11) is 2.61. The molecule has 0 aliphatic rings. The SMILES string of the molecule is COC(=O)/C=C/c1cc(-c2cccc(Oc3ccccc3C(=O)Nc3ccccc3/C=C/C(=O)OC)c2)ccc1N. The number of anilines is 2. The van der Waals surface area contributed by atoms with E-state index in [1.165, 1.54) is 26.4 Å². The highest BCUT2D eigenvalue weighted by atomic mass is 16.5. The average Bonchev–Trinajstić information content (AvgIpc) is 3.00. The number of hydrogen-bond donors (Lipinski definition) is 2. The first-order valence-corrected chi connectivity index (χ1v) is 12.6. The average molecular weight is 549 g/mol. The molecule has 0 atom stereocenters. The molecule has 0 aliphatic carbocycles. The van der Waals surface area contributed by atoms with E-state index in [4.69, 9.17) is 10.5 Å².